The van der Waals surface area contributed by atoms with E-state index in [9.17, 15) is 4.79 Å². The molecule has 0 radical (unpaired) electrons. The highest BCUT2D eigenvalue weighted by Gasteiger charge is 2.18. The van der Waals surface area contributed by atoms with Crippen LogP contribution in [0, 0.1) is 0 Å². The predicted octanol–water partition coefficient (Wildman–Crippen LogP) is 0.658. The van der Waals surface area contributed by atoms with Crippen molar-refractivity contribution >= 4 is 6.09 Å². The smallest absolute Gasteiger partial charge is 0.419 e. The number of aliphatic hydroxyl groups is 1. The van der Waals surface area contributed by atoms with Gasteiger partial charge in [-0.15, -0.1) is 0 Å². The standard InChI is InChI=1S/C10H17N3O3/c1-10(2,3)16-9(15)13-4-8(12-6-13)7(11)5-14/h4,6-7,14H,5,11H2,1-3H3/t7-/m1/s1. The van der Waals surface area contributed by atoms with E-state index in [-0.39, 0.29) is 6.61 Å². The van der Waals surface area contributed by atoms with E-state index in [0.717, 1.165) is 0 Å². The number of aliphatic hydroxyl groups excluding tert-OH is 1. The van der Waals surface area contributed by atoms with Gasteiger partial charge in [0.15, 0.2) is 0 Å². The Morgan fingerprint density at radius 2 is 2.31 bits per heavy atom. The monoisotopic (exact) mass is 227 g/mol. The van der Waals surface area contributed by atoms with Crippen LogP contribution in [0.25, 0.3) is 0 Å². The van der Waals surface area contributed by atoms with Crippen LogP contribution in [0.5, 0.6) is 0 Å². The van der Waals surface area contributed by atoms with Gasteiger partial charge in [-0.2, -0.15) is 0 Å². The molecule has 0 amide bonds. The van der Waals surface area contributed by atoms with Crippen LogP contribution in [0.3, 0.4) is 0 Å². The van der Waals surface area contributed by atoms with E-state index in [1.807, 2.05) is 0 Å². The molecule has 1 heterocycles. The third-order valence-electron chi connectivity index (χ3n) is 1.78. The van der Waals surface area contributed by atoms with Crippen LogP contribution in [0.4, 0.5) is 4.79 Å². The number of hydrogen-bond acceptors (Lipinski definition) is 5. The minimum Gasteiger partial charge on any atom is -0.443 e. The molecular formula is C10H17N3O3. The van der Waals surface area contributed by atoms with Gasteiger partial charge < -0.3 is 15.6 Å². The van der Waals surface area contributed by atoms with E-state index in [2.05, 4.69) is 4.98 Å². The molecule has 0 unspecified atom stereocenters. The molecule has 0 spiro atoms. The molecule has 3 N–H and O–H groups in total. The van der Waals surface area contributed by atoms with Crippen molar-refractivity contribution in [2.75, 3.05) is 6.61 Å². The number of ether oxygens (including phenoxy) is 1. The van der Waals surface area contributed by atoms with Crippen LogP contribution in [-0.4, -0.2) is 33.0 Å². The highest BCUT2D eigenvalue weighted by molar-refractivity contribution is 5.70. The van der Waals surface area contributed by atoms with Gasteiger partial charge in [-0.25, -0.2) is 14.3 Å². The summed E-state index contributed by atoms with van der Waals surface area (Å²) in [5, 5.41) is 8.83. The first-order valence-corrected chi connectivity index (χ1v) is 4.97. The number of imidazole rings is 1. The van der Waals surface area contributed by atoms with Crippen LogP contribution >= 0.6 is 0 Å². The molecule has 1 aromatic rings. The van der Waals surface area contributed by atoms with Gasteiger partial charge in [0.25, 0.3) is 0 Å². The fraction of sp³-hybridized carbons (Fsp3) is 0.600. The van der Waals surface area contributed by atoms with Crippen LogP contribution in [-0.2, 0) is 4.74 Å². The Hall–Kier alpha value is -1.40. The average Bonchev–Trinajstić information content (AvgIpc) is 2.62. The summed E-state index contributed by atoms with van der Waals surface area (Å²) in [6, 6.07) is -0.580. The molecule has 0 aliphatic carbocycles. The van der Waals surface area contributed by atoms with E-state index >= 15 is 0 Å². The minimum absolute atomic E-state index is 0.217. The number of nitrogens with two attached hydrogens (primary N) is 1. The fourth-order valence-electron chi connectivity index (χ4n) is 1.04. The van der Waals surface area contributed by atoms with Gasteiger partial charge in [-0.1, -0.05) is 0 Å². The number of carbonyl (C=O) groups excluding carboxylic acids is 1. The Kier molecular flexibility index (Phi) is 3.66. The van der Waals surface area contributed by atoms with Crippen LogP contribution < -0.4 is 5.73 Å². The summed E-state index contributed by atoms with van der Waals surface area (Å²) in [7, 11) is 0. The summed E-state index contributed by atoms with van der Waals surface area (Å²) < 4.78 is 6.34. The lowest BCUT2D eigenvalue weighted by molar-refractivity contribution is 0.0536. The summed E-state index contributed by atoms with van der Waals surface area (Å²) in [6.07, 6.45) is 2.25. The van der Waals surface area contributed by atoms with Gasteiger partial charge >= 0.3 is 6.09 Å². The SMILES string of the molecule is CC(C)(C)OC(=O)n1cnc([C@H](N)CO)c1. The number of hydrogen-bond donors (Lipinski definition) is 2. The largest absolute Gasteiger partial charge is 0.443 e. The first-order chi connectivity index (χ1) is 7.33. The molecule has 0 aromatic carbocycles. The van der Waals surface area contributed by atoms with Gasteiger partial charge in [-0.3, -0.25) is 0 Å². The topological polar surface area (TPSA) is 90.4 Å². The molecule has 0 saturated carbocycles. The van der Waals surface area contributed by atoms with E-state index in [4.69, 9.17) is 15.6 Å². The molecule has 90 valence electrons. The summed E-state index contributed by atoms with van der Waals surface area (Å²) in [5.41, 5.74) is 5.45. The molecule has 0 bridgehead atoms. The van der Waals surface area contributed by atoms with Gasteiger partial charge in [0, 0.05) is 6.20 Å². The normalized spacial score (nSPS) is 13.6. The van der Waals surface area contributed by atoms with E-state index < -0.39 is 17.7 Å². The van der Waals surface area contributed by atoms with Crippen LogP contribution in [0.15, 0.2) is 12.5 Å². The van der Waals surface area contributed by atoms with Crippen LogP contribution in [0.1, 0.15) is 32.5 Å². The molecule has 1 rings (SSSR count). The second-order valence-electron chi connectivity index (χ2n) is 4.48. The quantitative estimate of drug-likeness (QED) is 0.774. The van der Waals surface area contributed by atoms with Gasteiger partial charge in [0.05, 0.1) is 18.3 Å². The summed E-state index contributed by atoms with van der Waals surface area (Å²) in [4.78, 5) is 15.5. The Morgan fingerprint density at radius 1 is 1.69 bits per heavy atom. The average molecular weight is 227 g/mol. The molecule has 0 saturated heterocycles. The minimum atomic E-state index is -0.580. The molecule has 0 aliphatic heterocycles. The molecule has 6 nitrogen and oxygen atoms in total. The lowest BCUT2D eigenvalue weighted by Crippen LogP contribution is -2.26. The Balaban J connectivity index is 2.75. The Morgan fingerprint density at radius 3 is 2.81 bits per heavy atom. The molecule has 0 fully saturated rings. The van der Waals surface area contributed by atoms with Crippen molar-refractivity contribution < 1.29 is 14.6 Å². The molecule has 1 aromatic heterocycles. The second-order valence-corrected chi connectivity index (χ2v) is 4.48. The molecule has 0 aliphatic rings. The predicted molar refractivity (Wildman–Crippen MR) is 57.9 cm³/mol. The maximum atomic E-state index is 11.6. The summed E-state index contributed by atoms with van der Waals surface area (Å²) in [5.74, 6) is 0. The lowest BCUT2D eigenvalue weighted by Gasteiger charge is -2.19. The first-order valence-electron chi connectivity index (χ1n) is 4.97. The van der Waals surface area contributed by atoms with Crippen LogP contribution in [0.2, 0.25) is 0 Å². The summed E-state index contributed by atoms with van der Waals surface area (Å²) >= 11 is 0. The summed E-state index contributed by atoms with van der Waals surface area (Å²) in [6.45, 7) is 5.12. The number of aromatic nitrogens is 2. The maximum absolute atomic E-state index is 11.6. The first kappa shape index (κ1) is 12.7. The van der Waals surface area contributed by atoms with E-state index in [1.165, 1.54) is 17.1 Å². The molecule has 6 heteroatoms. The third kappa shape index (κ3) is 3.32. The molecular weight excluding hydrogens is 210 g/mol. The third-order valence-corrected chi connectivity index (χ3v) is 1.78. The number of nitrogens with zero attached hydrogens (tertiary/aromatic N) is 2. The Bertz CT molecular complexity index is 368. The number of rotatable bonds is 2. The lowest BCUT2D eigenvalue weighted by atomic mass is 10.2. The fourth-order valence-corrected chi connectivity index (χ4v) is 1.04. The molecule has 16 heavy (non-hydrogen) atoms. The Labute approximate surface area is 94.0 Å². The van der Waals surface area contributed by atoms with Gasteiger partial charge in [0.1, 0.15) is 11.9 Å². The zero-order valence-corrected chi connectivity index (χ0v) is 9.67. The van der Waals surface area contributed by atoms with Crippen molar-refractivity contribution in [1.82, 2.24) is 9.55 Å². The zero-order chi connectivity index (χ0) is 12.3. The zero-order valence-electron chi connectivity index (χ0n) is 9.67. The van der Waals surface area contributed by atoms with Crippen molar-refractivity contribution in [2.24, 2.45) is 5.73 Å². The van der Waals surface area contributed by atoms with E-state index in [1.54, 1.807) is 20.8 Å². The number of carbonyl (C=O) groups is 1. The second kappa shape index (κ2) is 4.63. The highest BCUT2D eigenvalue weighted by Crippen LogP contribution is 2.11. The van der Waals surface area contributed by atoms with Crippen molar-refractivity contribution in [1.29, 1.82) is 0 Å². The van der Waals surface area contributed by atoms with Crippen molar-refractivity contribution in [3.8, 4) is 0 Å². The van der Waals surface area contributed by atoms with Gasteiger partial charge in [-0.05, 0) is 20.8 Å². The molecule has 1 atom stereocenters. The maximum Gasteiger partial charge on any atom is 0.419 e. The van der Waals surface area contributed by atoms with E-state index in [0.29, 0.717) is 5.69 Å². The van der Waals surface area contributed by atoms with Crippen molar-refractivity contribution in [3.63, 3.8) is 0 Å². The van der Waals surface area contributed by atoms with Crippen molar-refractivity contribution in [3.05, 3.63) is 18.2 Å². The van der Waals surface area contributed by atoms with Gasteiger partial charge in [0.2, 0.25) is 0 Å². The highest BCUT2D eigenvalue weighted by atomic mass is 16.6. The van der Waals surface area contributed by atoms with Crippen molar-refractivity contribution in [2.45, 2.75) is 32.4 Å².